The molecule has 4 aliphatic rings. The maximum atomic E-state index is 13.1. The number of likely N-dealkylation sites (tertiary alicyclic amines) is 1. The molecule has 156 valence electrons. The molecule has 0 bridgehead atoms. The maximum absolute atomic E-state index is 13.1. The van der Waals surface area contributed by atoms with E-state index in [1.807, 2.05) is 23.1 Å². The van der Waals surface area contributed by atoms with E-state index in [-0.39, 0.29) is 5.91 Å². The Hall–Kier alpha value is -2.56. The van der Waals surface area contributed by atoms with Gasteiger partial charge in [0.05, 0.1) is 11.5 Å². The Balaban J connectivity index is 1.41. The average Bonchev–Trinajstić information content (AvgIpc) is 3.43. The second-order valence-corrected chi connectivity index (χ2v) is 9.46. The van der Waals surface area contributed by atoms with E-state index in [1.165, 1.54) is 18.4 Å². The van der Waals surface area contributed by atoms with Crippen LogP contribution >= 0.6 is 0 Å². The molecule has 2 fully saturated rings. The van der Waals surface area contributed by atoms with Gasteiger partial charge in [-0.25, -0.2) is 0 Å². The van der Waals surface area contributed by atoms with Gasteiger partial charge in [0.25, 0.3) is 5.91 Å². The first-order valence-corrected chi connectivity index (χ1v) is 11.3. The normalized spacial score (nSPS) is 32.2. The van der Waals surface area contributed by atoms with Crippen molar-refractivity contribution < 1.29 is 9.59 Å². The minimum atomic E-state index is -0.414. The SMILES string of the molecule is CC1CCCN1C(=O)c1cnc2c(c1)C1CC1CCC2CC1=CC(=N)[C@@H](C=O)C=C1. The quantitative estimate of drug-likeness (QED) is 0.757. The van der Waals surface area contributed by atoms with Crippen molar-refractivity contribution in [3.63, 3.8) is 0 Å². The van der Waals surface area contributed by atoms with Gasteiger partial charge in [-0.15, -0.1) is 0 Å². The number of carbonyl (C=O) groups is 2. The van der Waals surface area contributed by atoms with E-state index in [0.29, 0.717) is 23.6 Å². The molecule has 30 heavy (non-hydrogen) atoms. The number of pyridine rings is 1. The summed E-state index contributed by atoms with van der Waals surface area (Å²) in [7, 11) is 0. The highest BCUT2D eigenvalue weighted by Gasteiger charge is 2.44. The smallest absolute Gasteiger partial charge is 0.255 e. The van der Waals surface area contributed by atoms with Gasteiger partial charge in [0.2, 0.25) is 0 Å². The van der Waals surface area contributed by atoms with Crippen molar-refractivity contribution >= 4 is 17.9 Å². The minimum absolute atomic E-state index is 0.125. The number of hydrogen-bond acceptors (Lipinski definition) is 4. The largest absolute Gasteiger partial charge is 0.336 e. The fourth-order valence-electron chi connectivity index (χ4n) is 5.55. The summed E-state index contributed by atoms with van der Waals surface area (Å²) in [6.45, 7) is 2.98. The van der Waals surface area contributed by atoms with Crippen molar-refractivity contribution in [1.82, 2.24) is 9.88 Å². The average molecular weight is 404 g/mol. The molecule has 3 aliphatic carbocycles. The summed E-state index contributed by atoms with van der Waals surface area (Å²) >= 11 is 0. The van der Waals surface area contributed by atoms with Gasteiger partial charge >= 0.3 is 0 Å². The molecule has 5 rings (SSSR count). The topological polar surface area (TPSA) is 74.1 Å². The number of allylic oxidation sites excluding steroid dienone is 4. The van der Waals surface area contributed by atoms with Gasteiger partial charge in [0, 0.05) is 36.1 Å². The van der Waals surface area contributed by atoms with Gasteiger partial charge in [0.1, 0.15) is 6.29 Å². The second kappa shape index (κ2) is 7.60. The highest BCUT2D eigenvalue weighted by molar-refractivity contribution is 6.06. The summed E-state index contributed by atoms with van der Waals surface area (Å²) in [5.41, 5.74) is 4.62. The summed E-state index contributed by atoms with van der Waals surface area (Å²) in [6.07, 6.45) is 14.8. The molecule has 0 spiro atoms. The van der Waals surface area contributed by atoms with Crippen LogP contribution < -0.4 is 0 Å². The first kappa shape index (κ1) is 19.4. The zero-order valence-corrected chi connectivity index (χ0v) is 17.5. The number of hydrogen-bond donors (Lipinski definition) is 1. The Bertz CT molecular complexity index is 963. The Morgan fingerprint density at radius 1 is 1.33 bits per heavy atom. The van der Waals surface area contributed by atoms with E-state index in [4.69, 9.17) is 10.4 Å². The van der Waals surface area contributed by atoms with Gasteiger partial charge in [-0.3, -0.25) is 9.78 Å². The Morgan fingerprint density at radius 2 is 2.20 bits per heavy atom. The van der Waals surface area contributed by atoms with Gasteiger partial charge < -0.3 is 15.1 Å². The summed E-state index contributed by atoms with van der Waals surface area (Å²) in [5, 5.41) is 8.08. The third kappa shape index (κ3) is 3.44. The van der Waals surface area contributed by atoms with Crippen molar-refractivity contribution in [3.8, 4) is 0 Å². The molecule has 5 heteroatoms. The third-order valence-electron chi connectivity index (χ3n) is 7.45. The van der Waals surface area contributed by atoms with Crippen LogP contribution in [0.1, 0.15) is 78.9 Å². The predicted molar refractivity (Wildman–Crippen MR) is 116 cm³/mol. The first-order chi connectivity index (χ1) is 14.5. The van der Waals surface area contributed by atoms with Gasteiger partial charge in [-0.1, -0.05) is 12.2 Å². The molecule has 2 heterocycles. The van der Waals surface area contributed by atoms with Crippen LogP contribution in [0, 0.1) is 17.2 Å². The van der Waals surface area contributed by atoms with Crippen molar-refractivity contribution in [3.05, 3.63) is 52.9 Å². The Kier molecular flexibility index (Phi) is 4.92. The Labute approximate surface area is 177 Å². The molecule has 1 aromatic rings. The van der Waals surface area contributed by atoms with E-state index in [9.17, 15) is 9.59 Å². The van der Waals surface area contributed by atoms with E-state index in [0.717, 1.165) is 61.3 Å². The molecular formula is C25H29N3O2. The van der Waals surface area contributed by atoms with Crippen LogP contribution in [0.5, 0.6) is 0 Å². The van der Waals surface area contributed by atoms with Crippen LogP contribution in [0.3, 0.4) is 0 Å². The fourth-order valence-corrected chi connectivity index (χ4v) is 5.55. The summed E-state index contributed by atoms with van der Waals surface area (Å²) in [6, 6.07) is 2.45. The number of amides is 1. The molecule has 1 amide bonds. The van der Waals surface area contributed by atoms with Crippen LogP contribution in [0.4, 0.5) is 0 Å². The Morgan fingerprint density at radius 3 is 2.93 bits per heavy atom. The molecular weight excluding hydrogens is 374 g/mol. The van der Waals surface area contributed by atoms with Gasteiger partial charge in [0.15, 0.2) is 0 Å². The summed E-state index contributed by atoms with van der Waals surface area (Å²) < 4.78 is 0. The van der Waals surface area contributed by atoms with Crippen LogP contribution in [0.25, 0.3) is 0 Å². The predicted octanol–water partition coefficient (Wildman–Crippen LogP) is 4.41. The lowest BCUT2D eigenvalue weighted by atomic mass is 9.86. The molecule has 0 radical (unpaired) electrons. The molecule has 1 N–H and O–H groups in total. The summed E-state index contributed by atoms with van der Waals surface area (Å²) in [5.74, 6) is 1.29. The molecule has 1 aromatic heterocycles. The lowest BCUT2D eigenvalue weighted by Gasteiger charge is -2.23. The summed E-state index contributed by atoms with van der Waals surface area (Å²) in [4.78, 5) is 31.0. The number of rotatable bonds is 4. The van der Waals surface area contributed by atoms with E-state index >= 15 is 0 Å². The molecule has 5 atom stereocenters. The van der Waals surface area contributed by atoms with Crippen molar-refractivity contribution in [1.29, 1.82) is 5.41 Å². The van der Waals surface area contributed by atoms with Gasteiger partial charge in [-0.05, 0) is 80.6 Å². The van der Waals surface area contributed by atoms with Crippen LogP contribution in [0.2, 0.25) is 0 Å². The number of fused-ring (bicyclic) bond motifs is 3. The maximum Gasteiger partial charge on any atom is 0.255 e. The van der Waals surface area contributed by atoms with E-state index in [2.05, 4.69) is 13.0 Å². The monoisotopic (exact) mass is 403 g/mol. The molecule has 0 aromatic carbocycles. The van der Waals surface area contributed by atoms with Crippen molar-refractivity contribution in [2.45, 2.75) is 63.3 Å². The van der Waals surface area contributed by atoms with Crippen molar-refractivity contribution in [2.24, 2.45) is 11.8 Å². The first-order valence-electron chi connectivity index (χ1n) is 11.3. The third-order valence-corrected chi connectivity index (χ3v) is 7.45. The molecule has 4 unspecified atom stereocenters. The molecule has 1 aliphatic heterocycles. The number of nitrogens with zero attached hydrogens (tertiary/aromatic N) is 2. The molecule has 1 saturated carbocycles. The van der Waals surface area contributed by atoms with Crippen LogP contribution in [-0.2, 0) is 4.79 Å². The lowest BCUT2D eigenvalue weighted by molar-refractivity contribution is -0.108. The van der Waals surface area contributed by atoms with Crippen LogP contribution in [-0.4, -0.2) is 40.4 Å². The molecule has 1 saturated heterocycles. The zero-order chi connectivity index (χ0) is 20.8. The highest BCUT2D eigenvalue weighted by Crippen LogP contribution is 2.56. The van der Waals surface area contributed by atoms with E-state index in [1.54, 1.807) is 6.20 Å². The van der Waals surface area contributed by atoms with E-state index < -0.39 is 5.92 Å². The zero-order valence-electron chi connectivity index (χ0n) is 17.5. The standard InChI is InChI=1S/C25H29N3O2/c1-15-3-2-8-28(15)25(30)20-12-22-21-11-17(21)6-7-18(24(22)27-13-20)9-16-4-5-19(14-29)23(26)10-16/h4-5,10,12-15,17-19,21,26H,2-3,6-9,11H2,1H3/t15?,17?,18?,19-,21?/m1/s1. The number of aldehydes is 1. The number of carbonyl (C=O) groups excluding carboxylic acids is 2. The van der Waals surface area contributed by atoms with Crippen molar-refractivity contribution in [2.75, 3.05) is 6.54 Å². The highest BCUT2D eigenvalue weighted by atomic mass is 16.2. The lowest BCUT2D eigenvalue weighted by Crippen LogP contribution is -2.33. The second-order valence-electron chi connectivity index (χ2n) is 9.46. The number of aromatic nitrogens is 1. The molecule has 5 nitrogen and oxygen atoms in total. The fraction of sp³-hybridized carbons (Fsp3) is 0.520. The van der Waals surface area contributed by atoms with Gasteiger partial charge in [-0.2, -0.15) is 0 Å². The van der Waals surface area contributed by atoms with Crippen LogP contribution in [0.15, 0.2) is 36.1 Å². The number of nitrogens with one attached hydrogen (secondary N) is 1. The minimum Gasteiger partial charge on any atom is -0.336 e.